The molecule has 1 aliphatic heterocycles. The predicted octanol–water partition coefficient (Wildman–Crippen LogP) is 4.42. The Morgan fingerprint density at radius 1 is 1.06 bits per heavy atom. The van der Waals surface area contributed by atoms with E-state index in [4.69, 9.17) is 0 Å². The Labute approximate surface area is 113 Å². The molecule has 1 saturated carbocycles. The van der Waals surface area contributed by atoms with E-state index in [1.165, 1.54) is 37.7 Å². The van der Waals surface area contributed by atoms with Gasteiger partial charge in [-0.2, -0.15) is 11.8 Å². The van der Waals surface area contributed by atoms with E-state index in [2.05, 4.69) is 12.1 Å². The van der Waals surface area contributed by atoms with E-state index in [-0.39, 0.29) is 5.25 Å². The van der Waals surface area contributed by atoms with Gasteiger partial charge in [0.1, 0.15) is 0 Å². The number of rotatable bonds is 3. The average molecular weight is 260 g/mol. The van der Waals surface area contributed by atoms with Crippen molar-refractivity contribution in [2.75, 3.05) is 5.75 Å². The Morgan fingerprint density at radius 2 is 1.89 bits per heavy atom. The molecule has 1 aromatic rings. The summed E-state index contributed by atoms with van der Waals surface area (Å²) in [5.74, 6) is 2.20. The van der Waals surface area contributed by atoms with Crippen LogP contribution >= 0.6 is 11.8 Å². The van der Waals surface area contributed by atoms with Crippen molar-refractivity contribution in [3.8, 4) is 0 Å². The molecular weight excluding hydrogens is 240 g/mol. The molecule has 1 aromatic carbocycles. The normalized spacial score (nSPS) is 24.6. The summed E-state index contributed by atoms with van der Waals surface area (Å²) >= 11 is 1.86. The van der Waals surface area contributed by atoms with Crippen LogP contribution < -0.4 is 0 Å². The first-order chi connectivity index (χ1) is 8.86. The van der Waals surface area contributed by atoms with Crippen molar-refractivity contribution >= 4 is 17.5 Å². The lowest BCUT2D eigenvalue weighted by molar-refractivity contribution is 0.0983. The third-order valence-corrected chi connectivity index (χ3v) is 5.62. The molecule has 0 N–H and O–H groups in total. The number of carbonyl (C=O) groups excluding carboxylic acids is 1. The van der Waals surface area contributed by atoms with Crippen molar-refractivity contribution in [1.82, 2.24) is 0 Å². The summed E-state index contributed by atoms with van der Waals surface area (Å²) in [4.78, 5) is 12.6. The highest BCUT2D eigenvalue weighted by Crippen LogP contribution is 2.39. The topological polar surface area (TPSA) is 17.1 Å². The van der Waals surface area contributed by atoms with Gasteiger partial charge in [0.25, 0.3) is 0 Å². The molecule has 18 heavy (non-hydrogen) atoms. The molecule has 0 aromatic heterocycles. The first-order valence-electron chi connectivity index (χ1n) is 7.11. The Hall–Kier alpha value is -0.760. The standard InChI is InChI=1S/C16H20OS/c17-16(15-10-3-4-11-18-15)14-9-2-1-8-13(14)12-6-5-7-12/h1-2,8-9,12,15H,3-7,10-11H2. The summed E-state index contributed by atoms with van der Waals surface area (Å²) in [7, 11) is 0. The minimum atomic E-state index is 0.222. The van der Waals surface area contributed by atoms with Gasteiger partial charge in [0.05, 0.1) is 5.25 Å². The zero-order valence-corrected chi connectivity index (χ0v) is 11.5. The van der Waals surface area contributed by atoms with E-state index in [1.807, 2.05) is 23.9 Å². The van der Waals surface area contributed by atoms with Crippen LogP contribution in [-0.2, 0) is 0 Å². The minimum absolute atomic E-state index is 0.222. The second-order valence-corrected chi connectivity index (χ2v) is 6.75. The Bertz CT molecular complexity index is 430. The molecule has 0 spiro atoms. The van der Waals surface area contributed by atoms with Gasteiger partial charge in [0.15, 0.2) is 5.78 Å². The molecule has 0 radical (unpaired) electrons. The molecule has 1 atom stereocenters. The van der Waals surface area contributed by atoms with Crippen LogP contribution in [0.2, 0.25) is 0 Å². The van der Waals surface area contributed by atoms with Crippen LogP contribution in [0.5, 0.6) is 0 Å². The molecule has 1 nitrogen and oxygen atoms in total. The van der Waals surface area contributed by atoms with Gasteiger partial charge in [0, 0.05) is 5.56 Å². The maximum atomic E-state index is 12.6. The first-order valence-corrected chi connectivity index (χ1v) is 8.16. The number of ketones is 1. The summed E-state index contributed by atoms with van der Waals surface area (Å²) in [6.45, 7) is 0. The fourth-order valence-electron chi connectivity index (χ4n) is 2.92. The third kappa shape index (κ3) is 2.35. The molecule has 2 aliphatic rings. The summed E-state index contributed by atoms with van der Waals surface area (Å²) in [6.07, 6.45) is 7.42. The SMILES string of the molecule is O=C(c1ccccc1C1CCC1)C1CCCCS1. The lowest BCUT2D eigenvalue weighted by Crippen LogP contribution is -2.23. The van der Waals surface area contributed by atoms with Crippen LogP contribution in [0.15, 0.2) is 24.3 Å². The van der Waals surface area contributed by atoms with Gasteiger partial charge in [-0.15, -0.1) is 0 Å². The van der Waals surface area contributed by atoms with E-state index in [0.717, 1.165) is 17.7 Å². The van der Waals surface area contributed by atoms with Gasteiger partial charge < -0.3 is 0 Å². The van der Waals surface area contributed by atoms with Crippen LogP contribution in [0.1, 0.15) is 60.4 Å². The lowest BCUT2D eigenvalue weighted by Gasteiger charge is -2.29. The zero-order chi connectivity index (χ0) is 12.4. The predicted molar refractivity (Wildman–Crippen MR) is 77.5 cm³/mol. The molecular formula is C16H20OS. The highest BCUT2D eigenvalue weighted by Gasteiger charge is 2.28. The highest BCUT2D eigenvalue weighted by atomic mass is 32.2. The molecule has 2 fully saturated rings. The Kier molecular flexibility index (Phi) is 3.74. The van der Waals surface area contributed by atoms with Gasteiger partial charge >= 0.3 is 0 Å². The summed E-state index contributed by atoms with van der Waals surface area (Å²) in [5.41, 5.74) is 2.33. The van der Waals surface area contributed by atoms with E-state index in [9.17, 15) is 4.79 Å². The van der Waals surface area contributed by atoms with Crippen molar-refractivity contribution in [2.45, 2.75) is 49.7 Å². The third-order valence-electron chi connectivity index (χ3n) is 4.24. The summed E-state index contributed by atoms with van der Waals surface area (Å²) < 4.78 is 0. The molecule has 2 heteroatoms. The van der Waals surface area contributed by atoms with Crippen molar-refractivity contribution in [1.29, 1.82) is 0 Å². The average Bonchev–Trinajstić information content (AvgIpc) is 2.38. The summed E-state index contributed by atoms with van der Waals surface area (Å²) in [5, 5.41) is 0.222. The largest absolute Gasteiger partial charge is 0.293 e. The van der Waals surface area contributed by atoms with Crippen LogP contribution in [0.25, 0.3) is 0 Å². The van der Waals surface area contributed by atoms with E-state index < -0.39 is 0 Å². The Morgan fingerprint density at radius 3 is 2.56 bits per heavy atom. The maximum Gasteiger partial charge on any atom is 0.176 e. The van der Waals surface area contributed by atoms with Gasteiger partial charge in [0.2, 0.25) is 0 Å². The first kappa shape index (κ1) is 12.3. The van der Waals surface area contributed by atoms with Crippen LogP contribution in [-0.4, -0.2) is 16.8 Å². The number of benzene rings is 1. The number of thioether (sulfide) groups is 1. The molecule has 0 bridgehead atoms. The van der Waals surface area contributed by atoms with Gasteiger partial charge in [-0.25, -0.2) is 0 Å². The van der Waals surface area contributed by atoms with E-state index >= 15 is 0 Å². The lowest BCUT2D eigenvalue weighted by atomic mass is 9.77. The van der Waals surface area contributed by atoms with Crippen molar-refractivity contribution in [3.63, 3.8) is 0 Å². The monoisotopic (exact) mass is 260 g/mol. The van der Waals surface area contributed by atoms with E-state index in [0.29, 0.717) is 11.7 Å². The minimum Gasteiger partial charge on any atom is -0.293 e. The van der Waals surface area contributed by atoms with Gasteiger partial charge in [-0.05, 0) is 42.9 Å². The van der Waals surface area contributed by atoms with Crippen LogP contribution in [0, 0.1) is 0 Å². The molecule has 1 heterocycles. The number of Topliss-reactive ketones (excluding diaryl/α,β-unsaturated/α-hetero) is 1. The quantitative estimate of drug-likeness (QED) is 0.748. The number of hydrogen-bond acceptors (Lipinski definition) is 2. The van der Waals surface area contributed by atoms with Crippen LogP contribution in [0.4, 0.5) is 0 Å². The fourth-order valence-corrected chi connectivity index (χ4v) is 4.18. The summed E-state index contributed by atoms with van der Waals surface area (Å²) in [6, 6.07) is 8.32. The Balaban J connectivity index is 1.83. The second-order valence-electron chi connectivity index (χ2n) is 5.43. The van der Waals surface area contributed by atoms with Crippen molar-refractivity contribution in [2.24, 2.45) is 0 Å². The van der Waals surface area contributed by atoms with E-state index in [1.54, 1.807) is 0 Å². The van der Waals surface area contributed by atoms with Gasteiger partial charge in [-0.3, -0.25) is 4.79 Å². The number of carbonyl (C=O) groups is 1. The molecule has 0 amide bonds. The molecule has 1 saturated heterocycles. The zero-order valence-electron chi connectivity index (χ0n) is 10.7. The molecule has 1 unspecified atom stereocenters. The second kappa shape index (κ2) is 5.48. The fraction of sp³-hybridized carbons (Fsp3) is 0.562. The highest BCUT2D eigenvalue weighted by molar-refractivity contribution is 8.00. The maximum absolute atomic E-state index is 12.6. The number of hydrogen-bond donors (Lipinski definition) is 0. The van der Waals surface area contributed by atoms with Crippen LogP contribution in [0.3, 0.4) is 0 Å². The van der Waals surface area contributed by atoms with Gasteiger partial charge in [-0.1, -0.05) is 37.1 Å². The molecule has 3 rings (SSSR count). The smallest absolute Gasteiger partial charge is 0.176 e. The molecule has 96 valence electrons. The van der Waals surface area contributed by atoms with Crippen molar-refractivity contribution < 1.29 is 4.79 Å². The molecule has 1 aliphatic carbocycles. The van der Waals surface area contributed by atoms with Crippen molar-refractivity contribution in [3.05, 3.63) is 35.4 Å².